The van der Waals surface area contributed by atoms with Gasteiger partial charge in [0.25, 0.3) is 0 Å². The van der Waals surface area contributed by atoms with Crippen LogP contribution in [0.2, 0.25) is 5.02 Å². The first-order chi connectivity index (χ1) is 8.67. The molecular weight excluding hydrogens is 332 g/mol. The van der Waals surface area contributed by atoms with Crippen molar-refractivity contribution in [3.8, 4) is 0 Å². The van der Waals surface area contributed by atoms with E-state index >= 15 is 0 Å². The lowest BCUT2D eigenvalue weighted by Gasteiger charge is -2.41. The molecule has 1 aliphatic rings. The largest absolute Gasteiger partial charge is 0.455 e. The quantitative estimate of drug-likeness (QED) is 0.443. The molecule has 1 aromatic rings. The number of cyclic esters (lactones) is 1. The number of carbonyl (C=O) groups excluding carboxylic acids is 2. The zero-order valence-electron chi connectivity index (χ0n) is 10.9. The van der Waals surface area contributed by atoms with Crippen LogP contribution in [0, 0.1) is 5.41 Å². The second kappa shape index (κ2) is 4.60. The Morgan fingerprint density at radius 2 is 1.68 bits per heavy atom. The van der Waals surface area contributed by atoms with Crippen LogP contribution >= 0.6 is 27.5 Å². The summed E-state index contributed by atoms with van der Waals surface area (Å²) < 4.78 is 4.52. The SMILES string of the molecule is CC1(C)C(=O)O[C@H](c2ccc(Cl)cc2)[C@@](C)(Br)C1=O. The van der Waals surface area contributed by atoms with Gasteiger partial charge >= 0.3 is 5.97 Å². The lowest BCUT2D eigenvalue weighted by Crippen LogP contribution is -2.54. The number of rotatable bonds is 1. The van der Waals surface area contributed by atoms with Crippen molar-refractivity contribution in [1.82, 2.24) is 0 Å². The van der Waals surface area contributed by atoms with Crippen molar-refractivity contribution in [3.05, 3.63) is 34.9 Å². The van der Waals surface area contributed by atoms with Crippen LogP contribution in [-0.2, 0) is 14.3 Å². The Labute approximate surface area is 125 Å². The van der Waals surface area contributed by atoms with E-state index in [1.54, 1.807) is 45.0 Å². The molecule has 0 bridgehead atoms. The number of halogens is 2. The molecule has 2 rings (SSSR count). The molecule has 3 nitrogen and oxygen atoms in total. The molecule has 2 atom stereocenters. The molecule has 5 heteroatoms. The number of ketones is 1. The van der Waals surface area contributed by atoms with E-state index in [2.05, 4.69) is 15.9 Å². The average molecular weight is 346 g/mol. The summed E-state index contributed by atoms with van der Waals surface area (Å²) in [6.45, 7) is 4.88. The standard InChI is InChI=1S/C14H14BrClO3/c1-13(2)11(17)14(3,15)10(19-12(13)18)8-4-6-9(16)7-5-8/h4-7,10H,1-3H3/t10-,14-/m1/s1. The number of ether oxygens (including phenoxy) is 1. The molecule has 0 aromatic heterocycles. The van der Waals surface area contributed by atoms with Gasteiger partial charge in [0.1, 0.15) is 15.8 Å². The highest BCUT2D eigenvalue weighted by Crippen LogP contribution is 2.47. The van der Waals surface area contributed by atoms with Gasteiger partial charge in [-0.1, -0.05) is 39.7 Å². The molecule has 0 radical (unpaired) electrons. The Kier molecular flexibility index (Phi) is 3.52. The van der Waals surface area contributed by atoms with E-state index in [9.17, 15) is 9.59 Å². The van der Waals surface area contributed by atoms with Crippen LogP contribution in [0.4, 0.5) is 0 Å². The van der Waals surface area contributed by atoms with Gasteiger partial charge in [0.2, 0.25) is 0 Å². The van der Waals surface area contributed by atoms with Gasteiger partial charge in [-0.15, -0.1) is 0 Å². The predicted molar refractivity (Wildman–Crippen MR) is 76.4 cm³/mol. The van der Waals surface area contributed by atoms with Crippen molar-refractivity contribution < 1.29 is 14.3 Å². The molecular formula is C14H14BrClO3. The van der Waals surface area contributed by atoms with Crippen LogP contribution in [0.5, 0.6) is 0 Å². The van der Waals surface area contributed by atoms with Gasteiger partial charge in [0.15, 0.2) is 5.78 Å². The molecule has 0 unspecified atom stereocenters. The van der Waals surface area contributed by atoms with Gasteiger partial charge in [-0.25, -0.2) is 0 Å². The summed E-state index contributed by atoms with van der Waals surface area (Å²) in [5.74, 6) is -0.689. The average Bonchev–Trinajstić information content (AvgIpc) is 2.34. The molecule has 0 N–H and O–H groups in total. The van der Waals surface area contributed by atoms with Crippen molar-refractivity contribution >= 4 is 39.3 Å². The number of esters is 1. The lowest BCUT2D eigenvalue weighted by atomic mass is 9.76. The minimum Gasteiger partial charge on any atom is -0.455 e. The normalized spacial score (nSPS) is 30.1. The fourth-order valence-electron chi connectivity index (χ4n) is 2.21. The zero-order chi connectivity index (χ0) is 14.4. The summed E-state index contributed by atoms with van der Waals surface area (Å²) in [6, 6.07) is 6.92. The third-order valence-corrected chi connectivity index (χ3v) is 4.44. The molecule has 0 saturated carbocycles. The Bertz CT molecular complexity index is 534. The summed E-state index contributed by atoms with van der Waals surface area (Å²) in [5.41, 5.74) is -0.401. The van der Waals surface area contributed by atoms with Gasteiger partial charge < -0.3 is 4.74 Å². The highest BCUT2D eigenvalue weighted by Gasteiger charge is 2.57. The molecule has 1 aliphatic heterocycles. The first kappa shape index (κ1) is 14.5. The fourth-order valence-corrected chi connectivity index (χ4v) is 3.19. The Hall–Kier alpha value is -0.870. The zero-order valence-corrected chi connectivity index (χ0v) is 13.2. The molecule has 19 heavy (non-hydrogen) atoms. The highest BCUT2D eigenvalue weighted by molar-refractivity contribution is 9.10. The van der Waals surface area contributed by atoms with Crippen molar-refractivity contribution in [1.29, 1.82) is 0 Å². The van der Waals surface area contributed by atoms with Gasteiger partial charge in [-0.3, -0.25) is 9.59 Å². The van der Waals surface area contributed by atoms with Crippen molar-refractivity contribution in [2.75, 3.05) is 0 Å². The predicted octanol–water partition coefficient (Wildman–Crippen LogP) is 3.69. The van der Waals surface area contributed by atoms with Crippen LogP contribution in [0.3, 0.4) is 0 Å². The Morgan fingerprint density at radius 1 is 1.16 bits per heavy atom. The third kappa shape index (κ3) is 2.32. The number of benzene rings is 1. The second-order valence-electron chi connectivity index (χ2n) is 5.37. The smallest absolute Gasteiger partial charge is 0.319 e. The number of hydrogen-bond donors (Lipinski definition) is 0. The number of alkyl halides is 1. The van der Waals surface area contributed by atoms with E-state index < -0.39 is 21.8 Å². The van der Waals surface area contributed by atoms with Gasteiger partial charge in [-0.05, 0) is 38.5 Å². The molecule has 0 amide bonds. The number of hydrogen-bond acceptors (Lipinski definition) is 3. The van der Waals surface area contributed by atoms with Crippen LogP contribution in [0.1, 0.15) is 32.4 Å². The number of Topliss-reactive ketones (excluding diaryl/α,β-unsaturated/α-hetero) is 1. The molecule has 1 fully saturated rings. The number of carbonyl (C=O) groups is 2. The van der Waals surface area contributed by atoms with E-state index in [1.165, 1.54) is 0 Å². The summed E-state index contributed by atoms with van der Waals surface area (Å²) in [7, 11) is 0. The summed E-state index contributed by atoms with van der Waals surface area (Å²) >= 11 is 9.26. The van der Waals surface area contributed by atoms with Gasteiger partial charge in [0.05, 0.1) is 0 Å². The maximum atomic E-state index is 12.5. The van der Waals surface area contributed by atoms with Gasteiger partial charge in [0, 0.05) is 5.02 Å². The van der Waals surface area contributed by atoms with Crippen LogP contribution in [-0.4, -0.2) is 16.1 Å². The van der Waals surface area contributed by atoms with E-state index in [-0.39, 0.29) is 5.78 Å². The van der Waals surface area contributed by atoms with Crippen molar-refractivity contribution in [2.24, 2.45) is 5.41 Å². The van der Waals surface area contributed by atoms with Gasteiger partial charge in [-0.2, -0.15) is 0 Å². The first-order valence-corrected chi connectivity index (χ1v) is 7.05. The molecule has 1 heterocycles. The Morgan fingerprint density at radius 3 is 2.21 bits per heavy atom. The molecule has 0 spiro atoms. The van der Waals surface area contributed by atoms with Crippen LogP contribution in [0.15, 0.2) is 24.3 Å². The summed E-state index contributed by atoms with van der Waals surface area (Å²) in [6.07, 6.45) is -0.655. The van der Waals surface area contributed by atoms with Crippen LogP contribution in [0.25, 0.3) is 0 Å². The maximum absolute atomic E-state index is 12.5. The lowest BCUT2D eigenvalue weighted by molar-refractivity contribution is -0.175. The minimum atomic E-state index is -1.14. The minimum absolute atomic E-state index is 0.184. The van der Waals surface area contributed by atoms with E-state index in [1.807, 2.05) is 0 Å². The molecule has 1 saturated heterocycles. The fraction of sp³-hybridized carbons (Fsp3) is 0.429. The monoisotopic (exact) mass is 344 g/mol. The highest BCUT2D eigenvalue weighted by atomic mass is 79.9. The van der Waals surface area contributed by atoms with Crippen molar-refractivity contribution in [3.63, 3.8) is 0 Å². The van der Waals surface area contributed by atoms with E-state index in [0.717, 1.165) is 5.56 Å². The van der Waals surface area contributed by atoms with E-state index in [4.69, 9.17) is 16.3 Å². The first-order valence-electron chi connectivity index (χ1n) is 5.87. The summed E-state index contributed by atoms with van der Waals surface area (Å²) in [4.78, 5) is 24.4. The second-order valence-corrected chi connectivity index (χ2v) is 7.45. The third-order valence-electron chi connectivity index (χ3n) is 3.41. The molecule has 0 aliphatic carbocycles. The van der Waals surface area contributed by atoms with E-state index in [0.29, 0.717) is 5.02 Å². The molecule has 1 aromatic carbocycles. The van der Waals surface area contributed by atoms with Crippen LogP contribution < -0.4 is 0 Å². The summed E-state index contributed by atoms with van der Waals surface area (Å²) in [5, 5.41) is 0.591. The Balaban J connectivity index is 2.45. The van der Waals surface area contributed by atoms with Crippen molar-refractivity contribution in [2.45, 2.75) is 31.2 Å². The maximum Gasteiger partial charge on any atom is 0.319 e. The molecule has 102 valence electrons. The topological polar surface area (TPSA) is 43.4 Å².